The van der Waals surface area contributed by atoms with Crippen LogP contribution in [-0.4, -0.2) is 124 Å². The molecule has 18 heteroatoms. The van der Waals surface area contributed by atoms with Gasteiger partial charge < -0.3 is 45.6 Å². The zero-order valence-electron chi connectivity index (χ0n) is 53.2. The van der Waals surface area contributed by atoms with E-state index in [4.69, 9.17) is 20.1 Å². The second kappa shape index (κ2) is 56.6. The lowest BCUT2D eigenvalue weighted by Crippen LogP contribution is -2.28. The molecule has 0 aliphatic carbocycles. The van der Waals surface area contributed by atoms with E-state index in [1.54, 1.807) is 49.7 Å². The molecule has 0 saturated carbocycles. The Hall–Kier alpha value is -5.27. The Labute approximate surface area is 497 Å². The summed E-state index contributed by atoms with van der Waals surface area (Å²) >= 11 is 1.74. The number of carboxylic acid groups (broad SMARTS) is 2. The number of aromatic nitrogens is 4. The predicted molar refractivity (Wildman–Crippen MR) is 344 cm³/mol. The molecule has 7 N–H and O–H groups in total. The summed E-state index contributed by atoms with van der Waals surface area (Å²) in [6.07, 6.45) is 13.4. The van der Waals surface area contributed by atoms with Gasteiger partial charge in [0.1, 0.15) is 5.82 Å². The number of carbonyl (C=O) groups is 3. The first-order valence-electron chi connectivity index (χ1n) is 27.8. The maximum absolute atomic E-state index is 11.3. The largest absolute Gasteiger partial charge is 0.482 e. The molecule has 1 aliphatic heterocycles. The number of carboxylic acids is 2. The van der Waals surface area contributed by atoms with E-state index >= 15 is 0 Å². The van der Waals surface area contributed by atoms with Crippen LogP contribution in [0.4, 0.5) is 0 Å². The van der Waals surface area contributed by atoms with Crippen LogP contribution < -0.4 is 26.2 Å². The number of thiazole rings is 1. The first kappa shape index (κ1) is 89.5. The number of carbonyl (C=O) groups excluding carboxylic acids is 1. The Morgan fingerprint density at radius 3 is 1.56 bits per heavy atom. The first-order valence-corrected chi connectivity index (χ1v) is 28.7. The predicted octanol–water partition coefficient (Wildman–Crippen LogP) is 13.0. The molecule has 4 heterocycles. The number of methoxy groups -OCH3 is 2. The summed E-state index contributed by atoms with van der Waals surface area (Å²) in [7, 11) is 4.93. The highest BCUT2D eigenvalue weighted by Gasteiger charge is 2.08. The number of aryl methyl sites for hydroxylation is 1. The summed E-state index contributed by atoms with van der Waals surface area (Å²) in [6.45, 7) is 47.0. The second-order valence-corrected chi connectivity index (χ2v) is 22.5. The van der Waals surface area contributed by atoms with Crippen molar-refractivity contribution in [1.29, 1.82) is 0 Å². The van der Waals surface area contributed by atoms with Crippen LogP contribution in [-0.2, 0) is 32.0 Å². The highest BCUT2D eigenvalue weighted by Crippen LogP contribution is 2.19. The number of rotatable bonds is 19. The van der Waals surface area contributed by atoms with Gasteiger partial charge >= 0.3 is 17.9 Å². The molecule has 0 spiro atoms. The number of allylic oxidation sites excluding steroid dienone is 3. The molecule has 17 nitrogen and oxygen atoms in total. The molecule has 0 atom stereocenters. The fourth-order valence-corrected chi connectivity index (χ4v) is 5.81. The standard InChI is InChI=1S/C10H15N.C9H13NO2.C8H12N2.C8H13NS.C6H13NO2.C6H15N.C5H11NO2.C5H10O2.C4H10O.2CH4/c1-8(2)10-5-6-11(4)9(3)7-10;1-6(2)7-4-5-8(12-3)10-9(7)11;1-7(2)6-8-9-4-3-5-10-8;1-6(2)4-8-5-10-7(3)9-8;1-5(2)7-4-3-6(8)9;1-4-5-7-6(2)3;1-4(2)6-3-5(7)8;1-4(2)5(6)7-3;1-4(2)3-5;;/h5-8H,3H2,1-2,4H3;4-6H,1-3H3,(H,10,11);3-5,7H,6H2,1-2H3;5-6H,4H2,1-3H3;5,7H,3-4H2,1-2H3,(H,8,9);6-7H,4-5H2,1-3H3;4,6H,3H2,1-2H3,(H,7,8);4H,1-3H3;4-5H,3H2,1-2H3;2*1H4. The van der Waals surface area contributed by atoms with Crippen LogP contribution in [0.1, 0.15) is 187 Å². The fourth-order valence-electron chi connectivity index (χ4n) is 5.18. The molecule has 4 rings (SSSR count). The molecule has 0 bridgehead atoms. The van der Waals surface area contributed by atoms with E-state index in [0.29, 0.717) is 48.9 Å². The van der Waals surface area contributed by atoms with Gasteiger partial charge in [-0.2, -0.15) is 0 Å². The average molecular weight is 1170 g/mol. The zero-order valence-corrected chi connectivity index (χ0v) is 54.1. The van der Waals surface area contributed by atoms with Crippen molar-refractivity contribution >= 4 is 29.2 Å². The molecule has 0 amide bonds. The Morgan fingerprint density at radius 2 is 1.26 bits per heavy atom. The molecule has 0 saturated heterocycles. The van der Waals surface area contributed by atoms with Gasteiger partial charge in [-0.1, -0.05) is 153 Å². The van der Waals surface area contributed by atoms with Crippen molar-refractivity contribution in [3.63, 3.8) is 0 Å². The van der Waals surface area contributed by atoms with E-state index in [-0.39, 0.29) is 57.2 Å². The number of H-pyrrole nitrogens is 1. The van der Waals surface area contributed by atoms with E-state index in [9.17, 15) is 19.2 Å². The maximum atomic E-state index is 11.3. The number of esters is 1. The number of nitrogens with zero attached hydrogens (tertiary/aromatic N) is 4. The summed E-state index contributed by atoms with van der Waals surface area (Å²) in [6, 6.07) is 6.68. The quantitative estimate of drug-likeness (QED) is 0.0552. The van der Waals surface area contributed by atoms with Crippen LogP contribution in [0.5, 0.6) is 5.88 Å². The molecular formula is C63H120N8O9S. The number of nitrogens with one attached hydrogen (secondary N) is 4. The van der Waals surface area contributed by atoms with E-state index in [1.807, 2.05) is 73.4 Å². The topological polar surface area (TPSA) is 241 Å². The Balaban J connectivity index is -0.000000153. The molecule has 3 aromatic heterocycles. The molecule has 0 unspecified atom stereocenters. The van der Waals surface area contributed by atoms with Crippen molar-refractivity contribution in [2.45, 2.75) is 203 Å². The minimum Gasteiger partial charge on any atom is -0.482 e. The molecule has 0 aromatic carbocycles. The molecule has 81 heavy (non-hydrogen) atoms. The third-order valence-electron chi connectivity index (χ3n) is 9.59. The number of pyridine rings is 1. The van der Waals surface area contributed by atoms with Crippen LogP contribution in [0, 0.1) is 36.5 Å². The summed E-state index contributed by atoms with van der Waals surface area (Å²) < 4.78 is 9.25. The number of ether oxygens (including phenoxy) is 2. The van der Waals surface area contributed by atoms with Crippen molar-refractivity contribution in [3.8, 4) is 5.88 Å². The number of hydrogen-bond donors (Lipinski definition) is 7. The van der Waals surface area contributed by atoms with Gasteiger partial charge in [0.25, 0.3) is 5.56 Å². The van der Waals surface area contributed by atoms with E-state index in [0.717, 1.165) is 42.4 Å². The number of aliphatic hydroxyl groups excluding tert-OH is 1. The number of likely N-dealkylation sites (N-methyl/N-ethyl adjacent to an activating group) is 1. The summed E-state index contributed by atoms with van der Waals surface area (Å²) in [5, 5.41) is 36.8. The lowest BCUT2D eigenvalue weighted by atomic mass is 10.0. The van der Waals surface area contributed by atoms with Crippen LogP contribution in [0.3, 0.4) is 0 Å². The Bertz CT molecular complexity index is 2080. The van der Waals surface area contributed by atoms with Gasteiger partial charge in [0.2, 0.25) is 0 Å². The number of aliphatic hydroxyl groups is 1. The van der Waals surface area contributed by atoms with Crippen LogP contribution in [0.2, 0.25) is 0 Å². The van der Waals surface area contributed by atoms with Gasteiger partial charge in [-0.15, -0.1) is 11.3 Å². The van der Waals surface area contributed by atoms with Gasteiger partial charge in [0, 0.05) is 80.0 Å². The number of aromatic amines is 1. The van der Waals surface area contributed by atoms with Gasteiger partial charge in [0.15, 0.2) is 5.88 Å². The molecule has 0 radical (unpaired) electrons. The molecule has 3 aromatic rings. The van der Waals surface area contributed by atoms with Crippen molar-refractivity contribution in [3.05, 3.63) is 105 Å². The monoisotopic (exact) mass is 1160 g/mol. The summed E-state index contributed by atoms with van der Waals surface area (Å²) in [5.74, 6) is 2.39. The second-order valence-electron chi connectivity index (χ2n) is 21.4. The lowest BCUT2D eigenvalue weighted by molar-refractivity contribution is -0.144. The van der Waals surface area contributed by atoms with E-state index in [1.165, 1.54) is 36.9 Å². The Morgan fingerprint density at radius 1 is 0.753 bits per heavy atom. The lowest BCUT2D eigenvalue weighted by Gasteiger charge is -2.21. The highest BCUT2D eigenvalue weighted by molar-refractivity contribution is 7.09. The molecule has 472 valence electrons. The third-order valence-corrected chi connectivity index (χ3v) is 10.4. The van der Waals surface area contributed by atoms with Crippen molar-refractivity contribution in [1.82, 2.24) is 40.8 Å². The van der Waals surface area contributed by atoms with Gasteiger partial charge in [0.05, 0.1) is 43.8 Å². The molecule has 0 fully saturated rings. The number of aliphatic carboxylic acids is 2. The first-order chi connectivity index (χ1) is 36.7. The van der Waals surface area contributed by atoms with Crippen LogP contribution in [0.25, 0.3) is 0 Å². The van der Waals surface area contributed by atoms with Gasteiger partial charge in [-0.05, 0) is 91.8 Å². The highest BCUT2D eigenvalue weighted by atomic mass is 32.1. The average Bonchev–Trinajstić information content (AvgIpc) is 3.77. The van der Waals surface area contributed by atoms with Crippen molar-refractivity contribution in [2.24, 2.45) is 29.6 Å². The van der Waals surface area contributed by atoms with Gasteiger partial charge in [-0.3, -0.25) is 24.2 Å². The van der Waals surface area contributed by atoms with Crippen molar-refractivity contribution in [2.75, 3.05) is 47.5 Å². The molecule has 1 aliphatic rings. The van der Waals surface area contributed by atoms with Crippen molar-refractivity contribution < 1.29 is 39.2 Å². The normalized spacial score (nSPS) is 10.9. The molecular weight excluding hydrogens is 1040 g/mol. The zero-order chi connectivity index (χ0) is 62.2. The Kier molecular flexibility index (Phi) is 62.5. The number of hydrogen-bond acceptors (Lipinski definition) is 15. The maximum Gasteiger partial charge on any atom is 0.317 e. The van der Waals surface area contributed by atoms with E-state index in [2.05, 4.69) is 140 Å². The van der Waals surface area contributed by atoms with Crippen LogP contribution >= 0.6 is 11.3 Å². The van der Waals surface area contributed by atoms with Gasteiger partial charge in [-0.25, -0.2) is 15.0 Å². The SMILES string of the molecule is C.C.C=C1C=C(C(C)C)C=CN1C.CC(C)CO.CC(C)Cc1ncccn1.CC(C)NCC(=O)O.CC(C)NCCC(=O)O.CCCNC(C)C.COC(=O)C(C)C.COc1ccc(C(C)C)c(=O)[nH]1.Cc1nc(CC(C)C)cs1. The van der Waals surface area contributed by atoms with Crippen LogP contribution in [0.15, 0.2) is 77.0 Å². The van der Waals surface area contributed by atoms with E-state index < -0.39 is 11.9 Å². The minimum atomic E-state index is -0.807. The fraction of sp³-hybridized carbons (Fsp3) is 0.667. The summed E-state index contributed by atoms with van der Waals surface area (Å²) in [5.41, 5.74) is 4.39. The summed E-state index contributed by atoms with van der Waals surface area (Å²) in [4.78, 5) is 58.6. The smallest absolute Gasteiger partial charge is 0.317 e. The minimum absolute atomic E-state index is 0. The third kappa shape index (κ3) is 63.8.